The van der Waals surface area contributed by atoms with Gasteiger partial charge in [-0.3, -0.25) is 0 Å². The van der Waals surface area contributed by atoms with Crippen LogP contribution in [-0.4, -0.2) is 56.9 Å². The van der Waals surface area contributed by atoms with Crippen LogP contribution in [0.15, 0.2) is 0 Å². The van der Waals surface area contributed by atoms with Crippen LogP contribution in [0.3, 0.4) is 0 Å². The van der Waals surface area contributed by atoms with Crippen molar-refractivity contribution in [3.8, 4) is 0 Å². The van der Waals surface area contributed by atoms with Crippen LogP contribution < -0.4 is 0 Å². The Morgan fingerprint density at radius 3 is 1.75 bits per heavy atom. The van der Waals surface area contributed by atoms with Crippen LogP contribution in [0, 0.1) is 6.92 Å². The van der Waals surface area contributed by atoms with E-state index in [0.717, 1.165) is 0 Å². The lowest BCUT2D eigenvalue weighted by Crippen LogP contribution is -2.45. The first-order valence-electron chi connectivity index (χ1n) is 5.12. The Morgan fingerprint density at radius 1 is 1.06 bits per heavy atom. The van der Waals surface area contributed by atoms with Crippen molar-refractivity contribution in [3.63, 3.8) is 0 Å². The van der Waals surface area contributed by atoms with E-state index in [0.29, 0.717) is 39.9 Å². The predicted molar refractivity (Wildman–Crippen MR) is 71.0 cm³/mol. The molecule has 16 heavy (non-hydrogen) atoms. The van der Waals surface area contributed by atoms with E-state index in [9.17, 15) is 0 Å². The molecule has 5 nitrogen and oxygen atoms in total. The molecule has 1 radical (unpaired) electrons. The van der Waals surface area contributed by atoms with Crippen molar-refractivity contribution in [2.75, 3.05) is 21.3 Å². The molecule has 8 heteroatoms. The van der Waals surface area contributed by atoms with Gasteiger partial charge in [-0.2, -0.15) is 0 Å². The number of hydrogen-bond donors (Lipinski definition) is 0. The van der Waals surface area contributed by atoms with Gasteiger partial charge in [0.25, 0.3) is 0 Å². The van der Waals surface area contributed by atoms with Crippen molar-refractivity contribution in [1.29, 1.82) is 0 Å². The molecule has 0 spiro atoms. The smallest absolute Gasteiger partial charge is 0.402 e. The van der Waals surface area contributed by atoms with Gasteiger partial charge in [-0.25, -0.2) is 0 Å². The average Bonchev–Trinajstić information content (AvgIpc) is 2.37. The third-order valence-corrected chi connectivity index (χ3v) is 7.09. The van der Waals surface area contributed by atoms with E-state index in [-0.39, 0.29) is 0 Å². The molecule has 97 valence electrons. The molecule has 0 aromatic heterocycles. The lowest BCUT2D eigenvalue weighted by atomic mass is 10.1. The molecule has 0 unspecified atom stereocenters. The van der Waals surface area contributed by atoms with Gasteiger partial charge in [0.15, 0.2) is 0 Å². The predicted octanol–water partition coefficient (Wildman–Crippen LogP) is -1.23. The first-order valence-corrected chi connectivity index (χ1v) is 8.69. The van der Waals surface area contributed by atoms with Gasteiger partial charge in [-0.15, -0.1) is 0 Å². The average molecular weight is 284 g/mol. The van der Waals surface area contributed by atoms with Crippen LogP contribution in [0.5, 0.6) is 0 Å². The van der Waals surface area contributed by atoms with Gasteiger partial charge in [0.2, 0.25) is 0 Å². The molecule has 0 fully saturated rings. The summed E-state index contributed by atoms with van der Waals surface area (Å²) in [6.45, 7) is 3.87. The Bertz CT molecular complexity index is 148. The van der Waals surface area contributed by atoms with Gasteiger partial charge in [0.05, 0.1) is 0 Å². The molecule has 0 aromatic carbocycles. The fraction of sp³-hybridized carbons (Fsp3) is 0.875. The molecule has 0 atom stereocenters. The molecule has 0 saturated heterocycles. The van der Waals surface area contributed by atoms with Crippen LogP contribution in [-0.2, 0) is 22.1 Å². The topological polar surface area (TPSA) is 46.2 Å². The highest BCUT2D eigenvalue weighted by Crippen LogP contribution is 2.26. The summed E-state index contributed by atoms with van der Waals surface area (Å²) in [5, 5.41) is 0. The van der Waals surface area contributed by atoms with Crippen molar-refractivity contribution in [1.82, 2.24) is 0 Å². The minimum absolute atomic E-state index is 0.563. The quantitative estimate of drug-likeness (QED) is 0.392. The van der Waals surface area contributed by atoms with Gasteiger partial charge in [-0.1, -0.05) is 0 Å². The minimum atomic E-state index is -2.53. The van der Waals surface area contributed by atoms with E-state index in [1.165, 1.54) is 0 Å². The normalized spacial score (nSPS) is 16.5. The Morgan fingerprint density at radius 2 is 1.50 bits per heavy atom. The summed E-state index contributed by atoms with van der Waals surface area (Å²) < 4.78 is 27.1. The third-order valence-electron chi connectivity index (χ3n) is 2.87. The minimum Gasteiger partial charge on any atom is -0.402 e. The first-order chi connectivity index (χ1) is 7.57. The van der Waals surface area contributed by atoms with E-state index in [2.05, 4.69) is 6.92 Å². The Hall–Kier alpha value is 0.451. The lowest BCUT2D eigenvalue weighted by Gasteiger charge is -2.34. The fourth-order valence-corrected chi connectivity index (χ4v) is 4.80. The van der Waals surface area contributed by atoms with Crippen molar-refractivity contribution in [2.24, 2.45) is 0 Å². The first kappa shape index (κ1) is 16.5. The standard InChI is InChI=1S/C8H23O5Si3/c1-5-8(12-14,13-15)6-7-16(9-2,10-3)11-4/h1,5-7H2,2-4,14-15H3. The molecule has 0 aromatic rings. The largest absolute Gasteiger partial charge is 0.500 e. The molecule has 0 bridgehead atoms. The van der Waals surface area contributed by atoms with E-state index >= 15 is 0 Å². The van der Waals surface area contributed by atoms with E-state index in [1.54, 1.807) is 21.3 Å². The number of rotatable bonds is 9. The van der Waals surface area contributed by atoms with Gasteiger partial charge in [-0.05, 0) is 13.3 Å². The van der Waals surface area contributed by atoms with Crippen molar-refractivity contribution in [2.45, 2.75) is 24.7 Å². The molecule has 0 aliphatic carbocycles. The summed E-state index contributed by atoms with van der Waals surface area (Å²) in [4.78, 5) is 0. The maximum absolute atomic E-state index is 5.51. The number of hydrogen-bond acceptors (Lipinski definition) is 5. The molecule has 0 heterocycles. The second kappa shape index (κ2) is 7.71. The summed E-state index contributed by atoms with van der Waals surface area (Å²) in [6, 6.07) is 0.663. The molecule has 0 amide bonds. The maximum Gasteiger partial charge on any atom is 0.500 e. The van der Waals surface area contributed by atoms with Crippen LogP contribution in [0.1, 0.15) is 12.8 Å². The molecular weight excluding hydrogens is 260 g/mol. The molecule has 0 N–H and O–H groups in total. The van der Waals surface area contributed by atoms with Gasteiger partial charge < -0.3 is 22.1 Å². The molecule has 0 aliphatic heterocycles. The van der Waals surface area contributed by atoms with Crippen LogP contribution >= 0.6 is 0 Å². The zero-order valence-electron chi connectivity index (χ0n) is 10.9. The molecule has 0 rings (SSSR count). The zero-order chi connectivity index (χ0) is 12.7. The summed E-state index contributed by atoms with van der Waals surface area (Å²) in [5.74, 6) is -0.563. The molecule has 0 saturated carbocycles. The maximum atomic E-state index is 5.51. The Balaban J connectivity index is 4.48. The van der Waals surface area contributed by atoms with E-state index in [4.69, 9.17) is 22.1 Å². The summed E-state index contributed by atoms with van der Waals surface area (Å²) in [7, 11) is 3.53. The van der Waals surface area contributed by atoms with Crippen LogP contribution in [0.25, 0.3) is 0 Å². The Kier molecular flexibility index (Phi) is 7.93. The summed E-state index contributed by atoms with van der Waals surface area (Å²) >= 11 is 0. The van der Waals surface area contributed by atoms with Crippen LogP contribution in [0.4, 0.5) is 0 Å². The second-order valence-electron chi connectivity index (χ2n) is 3.36. The van der Waals surface area contributed by atoms with Crippen molar-refractivity contribution in [3.05, 3.63) is 6.92 Å². The fourth-order valence-electron chi connectivity index (χ4n) is 1.52. The zero-order valence-corrected chi connectivity index (χ0v) is 15.9. The summed E-state index contributed by atoms with van der Waals surface area (Å²) in [5.41, 5.74) is 0. The second-order valence-corrected chi connectivity index (χ2v) is 7.27. The van der Waals surface area contributed by atoms with Crippen molar-refractivity contribution < 1.29 is 22.1 Å². The van der Waals surface area contributed by atoms with Gasteiger partial charge in [0, 0.05) is 33.8 Å². The van der Waals surface area contributed by atoms with Crippen LogP contribution in [0.2, 0.25) is 6.04 Å². The highest BCUT2D eigenvalue weighted by atomic mass is 28.4. The van der Waals surface area contributed by atoms with E-state index in [1.807, 2.05) is 0 Å². The highest BCUT2D eigenvalue weighted by molar-refractivity contribution is 6.60. The SMILES string of the molecule is [CH2]CC(CC[Si](OC)(OC)OC)(O[SiH3])O[SiH3]. The Labute approximate surface area is 105 Å². The lowest BCUT2D eigenvalue weighted by molar-refractivity contribution is -0.109. The van der Waals surface area contributed by atoms with Gasteiger partial charge in [0.1, 0.15) is 26.8 Å². The third kappa shape index (κ3) is 4.04. The van der Waals surface area contributed by atoms with E-state index < -0.39 is 14.6 Å². The monoisotopic (exact) mass is 283 g/mol. The van der Waals surface area contributed by atoms with Crippen molar-refractivity contribution >= 4 is 29.8 Å². The summed E-state index contributed by atoms with van der Waals surface area (Å²) in [6.07, 6.45) is 1.27. The van der Waals surface area contributed by atoms with Gasteiger partial charge >= 0.3 is 8.80 Å². The highest BCUT2D eigenvalue weighted by Gasteiger charge is 2.41. The molecule has 0 aliphatic rings. The molecular formula is C8H23O5Si3.